The van der Waals surface area contributed by atoms with Gasteiger partial charge in [-0.3, -0.25) is 4.79 Å². The monoisotopic (exact) mass is 280 g/mol. The molecule has 21 heavy (non-hydrogen) atoms. The summed E-state index contributed by atoms with van der Waals surface area (Å²) in [6.07, 6.45) is 1.56. The van der Waals surface area contributed by atoms with Gasteiger partial charge in [0.15, 0.2) is 5.43 Å². The van der Waals surface area contributed by atoms with E-state index in [1.165, 1.54) is 5.56 Å². The average molecular weight is 280 g/mol. The molecule has 0 aliphatic rings. The quantitative estimate of drug-likeness (QED) is 0.733. The highest BCUT2D eigenvalue weighted by molar-refractivity contribution is 5.78. The predicted octanol–water partition coefficient (Wildman–Crippen LogP) is 3.59. The van der Waals surface area contributed by atoms with Crippen LogP contribution in [0.1, 0.15) is 11.3 Å². The molecule has 0 bridgehead atoms. The van der Waals surface area contributed by atoms with Crippen molar-refractivity contribution in [2.45, 2.75) is 12.8 Å². The molecule has 3 aromatic rings. The largest absolute Gasteiger partial charge is 0.497 e. The molecule has 0 N–H and O–H groups in total. The van der Waals surface area contributed by atoms with Crippen LogP contribution in [0, 0.1) is 0 Å². The van der Waals surface area contributed by atoms with Crippen LogP contribution in [0.15, 0.2) is 63.8 Å². The van der Waals surface area contributed by atoms with E-state index in [0.717, 1.165) is 6.42 Å². The molecule has 0 fully saturated rings. The maximum atomic E-state index is 12.2. The van der Waals surface area contributed by atoms with Gasteiger partial charge >= 0.3 is 0 Å². The molecule has 3 rings (SSSR count). The second kappa shape index (κ2) is 5.83. The molecule has 106 valence electrons. The van der Waals surface area contributed by atoms with Crippen molar-refractivity contribution >= 4 is 11.0 Å². The Kier molecular flexibility index (Phi) is 3.73. The Balaban J connectivity index is 1.88. The molecule has 0 atom stereocenters. The van der Waals surface area contributed by atoms with E-state index in [2.05, 4.69) is 12.1 Å². The van der Waals surface area contributed by atoms with Crippen LogP contribution < -0.4 is 10.2 Å². The molecule has 0 spiro atoms. The van der Waals surface area contributed by atoms with Gasteiger partial charge in [0, 0.05) is 12.5 Å². The first-order valence-electron chi connectivity index (χ1n) is 6.91. The van der Waals surface area contributed by atoms with Crippen LogP contribution in [-0.4, -0.2) is 7.11 Å². The minimum Gasteiger partial charge on any atom is -0.497 e. The minimum absolute atomic E-state index is 0.0294. The standard InChI is InChI=1S/C18H16O3/c1-20-14-9-10-18-16(11-14)17(19)12-15(21-18)8-7-13-5-3-2-4-6-13/h2-6,9-12H,7-8H2,1H3. The van der Waals surface area contributed by atoms with Crippen molar-refractivity contribution in [3.8, 4) is 5.75 Å². The third kappa shape index (κ3) is 2.97. The highest BCUT2D eigenvalue weighted by atomic mass is 16.5. The fourth-order valence-electron chi connectivity index (χ4n) is 2.35. The Labute approximate surface area is 122 Å². The third-order valence-electron chi connectivity index (χ3n) is 3.49. The van der Waals surface area contributed by atoms with Crippen LogP contribution in [0.25, 0.3) is 11.0 Å². The topological polar surface area (TPSA) is 39.4 Å². The highest BCUT2D eigenvalue weighted by Gasteiger charge is 2.06. The van der Waals surface area contributed by atoms with E-state index in [1.54, 1.807) is 31.4 Å². The van der Waals surface area contributed by atoms with Crippen molar-refractivity contribution in [3.05, 3.63) is 76.1 Å². The van der Waals surface area contributed by atoms with E-state index in [0.29, 0.717) is 28.9 Å². The number of aryl methyl sites for hydroxylation is 2. The minimum atomic E-state index is -0.0294. The lowest BCUT2D eigenvalue weighted by molar-refractivity contribution is 0.415. The van der Waals surface area contributed by atoms with Gasteiger partial charge in [0.25, 0.3) is 0 Å². The molecule has 1 heterocycles. The maximum absolute atomic E-state index is 12.2. The second-order valence-corrected chi connectivity index (χ2v) is 4.92. The maximum Gasteiger partial charge on any atom is 0.193 e. The van der Waals surface area contributed by atoms with Gasteiger partial charge in [-0.15, -0.1) is 0 Å². The zero-order valence-electron chi connectivity index (χ0n) is 11.8. The van der Waals surface area contributed by atoms with Gasteiger partial charge in [0.05, 0.1) is 12.5 Å². The summed E-state index contributed by atoms with van der Waals surface area (Å²) in [5, 5.41) is 0.554. The number of hydrogen-bond acceptors (Lipinski definition) is 3. The summed E-state index contributed by atoms with van der Waals surface area (Å²) >= 11 is 0. The molecule has 1 aromatic heterocycles. The van der Waals surface area contributed by atoms with E-state index in [-0.39, 0.29) is 5.43 Å². The first kappa shape index (κ1) is 13.4. The zero-order valence-corrected chi connectivity index (χ0v) is 11.8. The van der Waals surface area contributed by atoms with Crippen molar-refractivity contribution in [2.24, 2.45) is 0 Å². The summed E-state index contributed by atoms with van der Waals surface area (Å²) in [7, 11) is 1.58. The number of ether oxygens (including phenoxy) is 1. The van der Waals surface area contributed by atoms with Crippen molar-refractivity contribution in [3.63, 3.8) is 0 Å². The number of hydrogen-bond donors (Lipinski definition) is 0. The molecule has 2 aromatic carbocycles. The average Bonchev–Trinajstić information content (AvgIpc) is 2.54. The first-order valence-corrected chi connectivity index (χ1v) is 6.91. The molecule has 0 aliphatic carbocycles. The molecule has 0 amide bonds. The van der Waals surface area contributed by atoms with Crippen LogP contribution in [-0.2, 0) is 12.8 Å². The van der Waals surface area contributed by atoms with E-state index >= 15 is 0 Å². The van der Waals surface area contributed by atoms with Crippen LogP contribution in [0.2, 0.25) is 0 Å². The molecule has 0 unspecified atom stereocenters. The van der Waals surface area contributed by atoms with Crippen molar-refractivity contribution < 1.29 is 9.15 Å². The first-order chi connectivity index (χ1) is 10.3. The Hall–Kier alpha value is -2.55. The Morgan fingerprint density at radius 2 is 1.81 bits per heavy atom. The lowest BCUT2D eigenvalue weighted by Gasteiger charge is -2.05. The predicted molar refractivity (Wildman–Crippen MR) is 82.9 cm³/mol. The lowest BCUT2D eigenvalue weighted by Crippen LogP contribution is -2.03. The van der Waals surface area contributed by atoms with Gasteiger partial charge in [-0.25, -0.2) is 0 Å². The SMILES string of the molecule is COc1ccc2oc(CCc3ccccc3)cc(=O)c2c1. The van der Waals surface area contributed by atoms with E-state index in [1.807, 2.05) is 18.2 Å². The lowest BCUT2D eigenvalue weighted by atomic mass is 10.1. The fraction of sp³-hybridized carbons (Fsp3) is 0.167. The molecule has 0 aliphatic heterocycles. The zero-order chi connectivity index (χ0) is 14.7. The van der Waals surface area contributed by atoms with E-state index in [9.17, 15) is 4.79 Å². The summed E-state index contributed by atoms with van der Waals surface area (Å²) in [6, 6.07) is 17.0. The Bertz CT molecular complexity index is 804. The third-order valence-corrected chi connectivity index (χ3v) is 3.49. The fourth-order valence-corrected chi connectivity index (χ4v) is 2.35. The molecular formula is C18H16O3. The molecule has 0 radical (unpaired) electrons. The van der Waals surface area contributed by atoms with Crippen molar-refractivity contribution in [2.75, 3.05) is 7.11 Å². The van der Waals surface area contributed by atoms with Crippen molar-refractivity contribution in [1.29, 1.82) is 0 Å². The van der Waals surface area contributed by atoms with Crippen molar-refractivity contribution in [1.82, 2.24) is 0 Å². The van der Waals surface area contributed by atoms with Gasteiger partial charge in [0.2, 0.25) is 0 Å². The molecule has 3 heteroatoms. The van der Waals surface area contributed by atoms with Crippen LogP contribution >= 0.6 is 0 Å². The second-order valence-electron chi connectivity index (χ2n) is 4.92. The molecule has 3 nitrogen and oxygen atoms in total. The van der Waals surface area contributed by atoms with Gasteiger partial charge in [-0.2, -0.15) is 0 Å². The summed E-state index contributed by atoms with van der Waals surface area (Å²) in [5.41, 5.74) is 1.81. The smallest absolute Gasteiger partial charge is 0.193 e. The molecule has 0 saturated carbocycles. The summed E-state index contributed by atoms with van der Waals surface area (Å²) < 4.78 is 10.9. The van der Waals surface area contributed by atoms with E-state index in [4.69, 9.17) is 9.15 Å². The summed E-state index contributed by atoms with van der Waals surface area (Å²) in [4.78, 5) is 12.2. The van der Waals surface area contributed by atoms with Gasteiger partial charge in [0.1, 0.15) is 17.1 Å². The van der Waals surface area contributed by atoms with Crippen LogP contribution in [0.5, 0.6) is 5.75 Å². The Morgan fingerprint density at radius 1 is 1.00 bits per heavy atom. The van der Waals surface area contributed by atoms with Crippen LogP contribution in [0.3, 0.4) is 0 Å². The van der Waals surface area contributed by atoms with Gasteiger partial charge in [-0.1, -0.05) is 30.3 Å². The highest BCUT2D eigenvalue weighted by Crippen LogP contribution is 2.19. The normalized spacial score (nSPS) is 10.7. The number of rotatable bonds is 4. The molecular weight excluding hydrogens is 264 g/mol. The number of benzene rings is 2. The van der Waals surface area contributed by atoms with Gasteiger partial charge in [-0.05, 0) is 30.2 Å². The summed E-state index contributed by atoms with van der Waals surface area (Å²) in [5.74, 6) is 1.37. The van der Waals surface area contributed by atoms with E-state index < -0.39 is 0 Å². The molecule has 0 saturated heterocycles. The Morgan fingerprint density at radius 3 is 2.57 bits per heavy atom. The number of fused-ring (bicyclic) bond motifs is 1. The van der Waals surface area contributed by atoms with Gasteiger partial charge < -0.3 is 9.15 Å². The number of methoxy groups -OCH3 is 1. The van der Waals surface area contributed by atoms with Crippen LogP contribution in [0.4, 0.5) is 0 Å². The summed E-state index contributed by atoms with van der Waals surface area (Å²) in [6.45, 7) is 0.